The van der Waals surface area contributed by atoms with Crippen molar-refractivity contribution in [3.63, 3.8) is 0 Å². The summed E-state index contributed by atoms with van der Waals surface area (Å²) in [4.78, 5) is 0. The SMILES string of the molecule is COc1cc2c(OC)cc1CS[As](Cl)SCc1cc(OC)c(cc1OC)CS[As](Cl)SC2.COc1cc2c(OC)cc1CS[As](Cl)SCc1cc(OC)c(cc1OC)CS[As](Cl)SC2.Cc1ccc(C)cc1. The minimum atomic E-state index is -1.68. The maximum Gasteiger partial charge on any atom is -0.0398 e. The van der Waals surface area contributed by atoms with Crippen molar-refractivity contribution in [1.29, 1.82) is 0 Å². The molecule has 8 aliphatic heterocycles. The second-order valence-corrected chi connectivity index (χ2v) is 71.4. The van der Waals surface area contributed by atoms with Gasteiger partial charge in [0.25, 0.3) is 0 Å². The molecule has 0 saturated carbocycles. The van der Waals surface area contributed by atoms with Crippen molar-refractivity contribution < 1.29 is 37.9 Å². The first-order chi connectivity index (χ1) is 34.8. The van der Waals surface area contributed by atoms with Gasteiger partial charge in [0.05, 0.1) is 0 Å². The van der Waals surface area contributed by atoms with E-state index < -0.39 is 45.6 Å². The maximum atomic E-state index is 6.79. The second kappa shape index (κ2) is 34.0. The van der Waals surface area contributed by atoms with Crippen molar-refractivity contribution >= 4 is 166 Å². The zero-order valence-corrected chi connectivity index (χ0v) is 58.5. The Morgan fingerprint density at radius 2 is 0.403 bits per heavy atom. The number of ether oxygens (including phenoxy) is 8. The number of hydrogen-bond donors (Lipinski definition) is 0. The molecule has 72 heavy (non-hydrogen) atoms. The Morgan fingerprint density at radius 1 is 0.278 bits per heavy atom. The molecule has 5 aromatic carbocycles. The molecule has 0 N–H and O–H groups in total. The number of halogens is 4. The van der Waals surface area contributed by atoms with E-state index in [0.29, 0.717) is 0 Å². The van der Waals surface area contributed by atoms with Crippen LogP contribution in [0.4, 0.5) is 0 Å². The molecule has 0 spiro atoms. The van der Waals surface area contributed by atoms with Crippen LogP contribution in [0.25, 0.3) is 0 Å². The quantitative estimate of drug-likeness (QED) is 0.138. The Hall–Kier alpha value is 0.694. The standard InChI is InChI=1S/2C20H24As2Cl2O4S4.C8H10/c2*1-25-17-5-14-10-30-22(24)32-12-16-8-19(27-3)15(7-20(16)28-4)11-31-21(23)29-9-13(17)6-18(14)26-2;1-7-3-5-8(2)6-4-7/h2*5-8H,9-12H2,1-4H3;3-6H,1-2H3. The Kier molecular flexibility index (Phi) is 30.0. The molecule has 0 aromatic heterocycles. The van der Waals surface area contributed by atoms with E-state index in [2.05, 4.69) is 86.6 Å². The van der Waals surface area contributed by atoms with E-state index in [1.807, 2.05) is 0 Å². The van der Waals surface area contributed by atoms with Gasteiger partial charge in [-0.15, -0.1) is 0 Å². The number of hydrogen-bond acceptors (Lipinski definition) is 16. The largest absolute Gasteiger partial charge is 0.0591 e. The predicted octanol–water partition coefficient (Wildman–Crippen LogP) is 15.9. The molecular weight excluding hydrogens is 1400 g/mol. The number of methoxy groups -OCH3 is 8. The van der Waals surface area contributed by atoms with Crippen molar-refractivity contribution in [2.45, 2.75) is 59.9 Å². The minimum Gasteiger partial charge on any atom is -0.0591 e. The molecule has 8 aliphatic rings. The van der Waals surface area contributed by atoms with Gasteiger partial charge in [0.2, 0.25) is 0 Å². The predicted molar refractivity (Wildman–Crippen MR) is 331 cm³/mol. The topological polar surface area (TPSA) is 73.8 Å². The van der Waals surface area contributed by atoms with Crippen LogP contribution < -0.4 is 37.9 Å². The summed E-state index contributed by atoms with van der Waals surface area (Å²) < 4.78 is 45.5. The summed E-state index contributed by atoms with van der Waals surface area (Å²) in [6, 6.07) is 25.1. The first-order valence-corrected chi connectivity index (χ1v) is 57.4. The zero-order chi connectivity index (χ0) is 52.2. The molecule has 0 atom stereocenters. The molecular formula is C48H58As4Cl4O8S8. The molecule has 0 unspecified atom stereocenters. The summed E-state index contributed by atoms with van der Waals surface area (Å²) in [5.74, 6) is 13.3. The summed E-state index contributed by atoms with van der Waals surface area (Å²) in [5, 5.41) is 0. The molecule has 8 nitrogen and oxygen atoms in total. The third kappa shape index (κ3) is 20.1. The van der Waals surface area contributed by atoms with Crippen LogP contribution in [0.3, 0.4) is 0 Å². The summed E-state index contributed by atoms with van der Waals surface area (Å²) in [6.07, 6.45) is 0. The van der Waals surface area contributed by atoms with E-state index in [0.717, 1.165) is 137 Å². The fourth-order valence-corrected chi connectivity index (χ4v) is 42.1. The van der Waals surface area contributed by atoms with Crippen LogP contribution in [-0.4, -0.2) is 102 Å². The normalized spacial score (nSPS) is 18.6. The molecule has 5 aromatic rings. The van der Waals surface area contributed by atoms with Gasteiger partial charge in [-0.25, -0.2) is 0 Å². The minimum absolute atomic E-state index is 0.784. The zero-order valence-electron chi connectivity index (χ0n) is 41.4. The van der Waals surface area contributed by atoms with Crippen LogP contribution in [0.2, 0.25) is 0 Å². The van der Waals surface area contributed by atoms with Crippen LogP contribution >= 0.6 is 120 Å². The van der Waals surface area contributed by atoms with Gasteiger partial charge in [0.1, 0.15) is 0 Å². The van der Waals surface area contributed by atoms with Gasteiger partial charge in [-0.2, -0.15) is 0 Å². The molecule has 0 fully saturated rings. The van der Waals surface area contributed by atoms with E-state index in [9.17, 15) is 0 Å². The van der Waals surface area contributed by atoms with Gasteiger partial charge in [0.15, 0.2) is 0 Å². The van der Waals surface area contributed by atoms with Crippen molar-refractivity contribution in [3.8, 4) is 46.0 Å². The average Bonchev–Trinajstić information content (AvgIpc) is 3.40. The molecule has 394 valence electrons. The Morgan fingerprint density at radius 3 is 0.514 bits per heavy atom. The van der Waals surface area contributed by atoms with Crippen molar-refractivity contribution in [1.82, 2.24) is 0 Å². The van der Waals surface area contributed by atoms with Crippen LogP contribution in [0.5, 0.6) is 46.0 Å². The molecule has 13 rings (SSSR count). The van der Waals surface area contributed by atoms with Gasteiger partial charge in [-0.05, 0) is 13.8 Å². The monoisotopic (exact) mass is 1460 g/mol. The van der Waals surface area contributed by atoms with Crippen LogP contribution in [-0.2, 0) is 46.0 Å². The van der Waals surface area contributed by atoms with Crippen molar-refractivity contribution in [2.24, 2.45) is 0 Å². The van der Waals surface area contributed by atoms with Gasteiger partial charge in [-0.1, -0.05) is 35.4 Å². The molecule has 0 aliphatic carbocycles. The molecule has 0 saturated heterocycles. The summed E-state index contributed by atoms with van der Waals surface area (Å²) >= 11 is -6.71. The average molecular weight is 1460 g/mol. The number of aryl methyl sites for hydroxylation is 2. The van der Waals surface area contributed by atoms with Crippen LogP contribution in [0.15, 0.2) is 72.8 Å². The molecule has 8 bridgehead atoms. The van der Waals surface area contributed by atoms with Crippen LogP contribution in [0, 0.1) is 13.8 Å². The Labute approximate surface area is 488 Å². The van der Waals surface area contributed by atoms with E-state index >= 15 is 0 Å². The van der Waals surface area contributed by atoms with E-state index in [1.54, 1.807) is 137 Å². The second-order valence-electron chi connectivity index (χ2n) is 15.1. The number of benzene rings is 5. The summed E-state index contributed by atoms with van der Waals surface area (Å²) in [5.41, 5.74) is 11.5. The van der Waals surface area contributed by atoms with Gasteiger partial charge in [-0.3, -0.25) is 0 Å². The van der Waals surface area contributed by atoms with Gasteiger partial charge in [0, 0.05) is 0 Å². The first-order valence-electron chi connectivity index (χ1n) is 21.6. The Balaban J connectivity index is 0.000000231. The third-order valence-electron chi connectivity index (χ3n) is 10.5. The van der Waals surface area contributed by atoms with Crippen molar-refractivity contribution in [3.05, 3.63) is 128 Å². The fraction of sp³-hybridized carbons (Fsp3) is 0.375. The van der Waals surface area contributed by atoms with E-state index in [-0.39, 0.29) is 0 Å². The summed E-state index contributed by atoms with van der Waals surface area (Å²) in [7, 11) is 55.3. The maximum absolute atomic E-state index is 6.79. The first kappa shape index (κ1) is 63.5. The fourth-order valence-electron chi connectivity index (χ4n) is 6.75. The van der Waals surface area contributed by atoms with E-state index in [4.69, 9.17) is 77.7 Å². The van der Waals surface area contributed by atoms with Crippen molar-refractivity contribution in [2.75, 3.05) is 56.9 Å². The van der Waals surface area contributed by atoms with Gasteiger partial charge < -0.3 is 0 Å². The van der Waals surface area contributed by atoms with Crippen LogP contribution in [0.1, 0.15) is 55.6 Å². The third-order valence-corrected chi connectivity index (χ3v) is 57.7. The van der Waals surface area contributed by atoms with Gasteiger partial charge >= 0.3 is 445 Å². The molecule has 8 heterocycles. The molecule has 0 amide bonds. The summed E-state index contributed by atoms with van der Waals surface area (Å²) in [6.45, 7) is 4.19. The Bertz CT molecular complexity index is 2040. The van der Waals surface area contributed by atoms with E-state index in [1.165, 1.54) is 11.1 Å². The number of rotatable bonds is 8. The molecule has 0 radical (unpaired) electrons. The molecule has 24 heteroatoms. The smallest absolute Gasteiger partial charge is 0.0398 e.